The molecule has 0 aliphatic carbocycles. The molecule has 112 valence electrons. The van der Waals surface area contributed by atoms with Gasteiger partial charge in [0.15, 0.2) is 5.78 Å². The SMILES string of the molecule is O=C(c1ccccc1)C1CCN(C(=O)c2ccncc2)CC1. The first-order valence-corrected chi connectivity index (χ1v) is 7.54. The molecule has 2 aromatic rings. The number of nitrogens with zero attached hydrogens (tertiary/aromatic N) is 2. The maximum absolute atomic E-state index is 12.4. The van der Waals surface area contributed by atoms with Gasteiger partial charge in [0.2, 0.25) is 0 Å². The van der Waals surface area contributed by atoms with Crippen LogP contribution in [-0.4, -0.2) is 34.7 Å². The van der Waals surface area contributed by atoms with Gasteiger partial charge in [-0.1, -0.05) is 30.3 Å². The van der Waals surface area contributed by atoms with Crippen molar-refractivity contribution in [2.24, 2.45) is 5.92 Å². The zero-order valence-corrected chi connectivity index (χ0v) is 12.3. The lowest BCUT2D eigenvalue weighted by Crippen LogP contribution is -2.40. The number of carbonyl (C=O) groups excluding carboxylic acids is 2. The second kappa shape index (κ2) is 6.52. The summed E-state index contributed by atoms with van der Waals surface area (Å²) in [5.74, 6) is 0.230. The Hall–Kier alpha value is -2.49. The Morgan fingerprint density at radius 3 is 2.18 bits per heavy atom. The van der Waals surface area contributed by atoms with Gasteiger partial charge in [0.05, 0.1) is 0 Å². The number of hydrogen-bond acceptors (Lipinski definition) is 3. The van der Waals surface area contributed by atoms with E-state index in [4.69, 9.17) is 0 Å². The molecule has 1 aliphatic heterocycles. The highest BCUT2D eigenvalue weighted by Gasteiger charge is 2.28. The number of carbonyl (C=O) groups is 2. The van der Waals surface area contributed by atoms with Crippen molar-refractivity contribution < 1.29 is 9.59 Å². The number of hydrogen-bond donors (Lipinski definition) is 0. The van der Waals surface area contributed by atoms with Crippen LogP contribution in [0.3, 0.4) is 0 Å². The molecule has 0 N–H and O–H groups in total. The summed E-state index contributed by atoms with van der Waals surface area (Å²) in [4.78, 5) is 30.5. The second-order valence-electron chi connectivity index (χ2n) is 5.53. The van der Waals surface area contributed by atoms with E-state index in [1.807, 2.05) is 35.2 Å². The molecule has 0 radical (unpaired) electrons. The van der Waals surface area contributed by atoms with E-state index in [1.54, 1.807) is 24.5 Å². The highest BCUT2D eigenvalue weighted by Crippen LogP contribution is 2.22. The van der Waals surface area contributed by atoms with Crippen LogP contribution in [0.25, 0.3) is 0 Å². The molecule has 1 aromatic heterocycles. The lowest BCUT2D eigenvalue weighted by Gasteiger charge is -2.31. The average molecular weight is 294 g/mol. The van der Waals surface area contributed by atoms with Gasteiger partial charge in [-0.25, -0.2) is 0 Å². The minimum absolute atomic E-state index is 0.0175. The van der Waals surface area contributed by atoms with Crippen molar-refractivity contribution in [2.75, 3.05) is 13.1 Å². The number of rotatable bonds is 3. The molecule has 1 amide bonds. The van der Waals surface area contributed by atoms with Crippen LogP contribution in [0.15, 0.2) is 54.9 Å². The quantitative estimate of drug-likeness (QED) is 0.818. The molecule has 4 heteroatoms. The molecule has 0 saturated carbocycles. The van der Waals surface area contributed by atoms with Crippen LogP contribution in [-0.2, 0) is 0 Å². The van der Waals surface area contributed by atoms with Crippen LogP contribution in [0, 0.1) is 5.92 Å². The Morgan fingerprint density at radius 1 is 0.909 bits per heavy atom. The molecule has 0 atom stereocenters. The summed E-state index contributed by atoms with van der Waals surface area (Å²) in [6.07, 6.45) is 4.70. The predicted octanol–water partition coefficient (Wildman–Crippen LogP) is 2.82. The normalized spacial score (nSPS) is 15.5. The van der Waals surface area contributed by atoms with E-state index in [9.17, 15) is 9.59 Å². The fourth-order valence-corrected chi connectivity index (χ4v) is 2.86. The Kier molecular flexibility index (Phi) is 4.28. The van der Waals surface area contributed by atoms with E-state index in [1.165, 1.54) is 0 Å². The fourth-order valence-electron chi connectivity index (χ4n) is 2.86. The molecule has 0 bridgehead atoms. The molecule has 1 aliphatic rings. The Balaban J connectivity index is 1.61. The van der Waals surface area contributed by atoms with Crippen molar-refractivity contribution in [3.8, 4) is 0 Å². The number of ketones is 1. The van der Waals surface area contributed by atoms with Crippen LogP contribution in [0.1, 0.15) is 33.6 Å². The third-order valence-corrected chi connectivity index (χ3v) is 4.14. The molecule has 0 spiro atoms. The molecule has 22 heavy (non-hydrogen) atoms. The standard InChI is InChI=1S/C18H18N2O2/c21-17(14-4-2-1-3-5-14)15-8-12-20(13-9-15)18(22)16-6-10-19-11-7-16/h1-7,10-11,15H,8-9,12-13H2. The maximum Gasteiger partial charge on any atom is 0.253 e. The van der Waals surface area contributed by atoms with E-state index in [2.05, 4.69) is 4.98 Å². The van der Waals surface area contributed by atoms with Crippen molar-refractivity contribution in [1.82, 2.24) is 9.88 Å². The smallest absolute Gasteiger partial charge is 0.253 e. The number of benzene rings is 1. The van der Waals surface area contributed by atoms with E-state index in [0.717, 1.165) is 18.4 Å². The first-order chi connectivity index (χ1) is 10.8. The molecule has 1 saturated heterocycles. The van der Waals surface area contributed by atoms with Gasteiger partial charge in [-0.3, -0.25) is 14.6 Å². The first kappa shape index (κ1) is 14.4. The summed E-state index contributed by atoms with van der Waals surface area (Å²) in [6, 6.07) is 12.8. The number of aromatic nitrogens is 1. The minimum atomic E-state index is 0.0175. The summed E-state index contributed by atoms with van der Waals surface area (Å²) in [5, 5.41) is 0. The van der Waals surface area contributed by atoms with Crippen LogP contribution in [0.2, 0.25) is 0 Å². The zero-order valence-electron chi connectivity index (χ0n) is 12.3. The monoisotopic (exact) mass is 294 g/mol. The van der Waals surface area contributed by atoms with Gasteiger partial charge in [0, 0.05) is 42.5 Å². The highest BCUT2D eigenvalue weighted by molar-refractivity contribution is 5.98. The van der Waals surface area contributed by atoms with Gasteiger partial charge >= 0.3 is 0 Å². The van der Waals surface area contributed by atoms with E-state index in [0.29, 0.717) is 18.7 Å². The molecule has 4 nitrogen and oxygen atoms in total. The summed E-state index contributed by atoms with van der Waals surface area (Å²) >= 11 is 0. The third kappa shape index (κ3) is 3.06. The van der Waals surface area contributed by atoms with Crippen LogP contribution < -0.4 is 0 Å². The number of Topliss-reactive ketones (excluding diaryl/α,β-unsaturated/α-hetero) is 1. The van der Waals surface area contributed by atoms with Crippen LogP contribution in [0.4, 0.5) is 0 Å². The molecule has 0 unspecified atom stereocenters. The van der Waals surface area contributed by atoms with Gasteiger partial charge in [0.1, 0.15) is 0 Å². The van der Waals surface area contributed by atoms with Crippen LogP contribution in [0.5, 0.6) is 0 Å². The largest absolute Gasteiger partial charge is 0.339 e. The van der Waals surface area contributed by atoms with Gasteiger partial charge in [-0.2, -0.15) is 0 Å². The van der Waals surface area contributed by atoms with E-state index in [-0.39, 0.29) is 17.6 Å². The summed E-state index contributed by atoms with van der Waals surface area (Å²) < 4.78 is 0. The molecule has 2 heterocycles. The van der Waals surface area contributed by atoms with Gasteiger partial charge in [0.25, 0.3) is 5.91 Å². The lowest BCUT2D eigenvalue weighted by molar-refractivity contribution is 0.0650. The zero-order chi connectivity index (χ0) is 15.4. The number of piperidine rings is 1. The topological polar surface area (TPSA) is 50.3 Å². The van der Waals surface area contributed by atoms with Crippen molar-refractivity contribution in [2.45, 2.75) is 12.8 Å². The molecular formula is C18H18N2O2. The maximum atomic E-state index is 12.4. The first-order valence-electron chi connectivity index (χ1n) is 7.54. The summed E-state index contributed by atoms with van der Waals surface area (Å²) in [5.41, 5.74) is 1.42. The predicted molar refractivity (Wildman–Crippen MR) is 83.6 cm³/mol. The summed E-state index contributed by atoms with van der Waals surface area (Å²) in [6.45, 7) is 1.26. The van der Waals surface area contributed by atoms with E-state index >= 15 is 0 Å². The van der Waals surface area contributed by atoms with Gasteiger partial charge < -0.3 is 4.90 Å². The number of amides is 1. The second-order valence-corrected chi connectivity index (χ2v) is 5.53. The number of likely N-dealkylation sites (tertiary alicyclic amines) is 1. The van der Waals surface area contributed by atoms with Gasteiger partial charge in [-0.15, -0.1) is 0 Å². The third-order valence-electron chi connectivity index (χ3n) is 4.14. The molecule has 3 rings (SSSR count). The Labute approximate surface area is 129 Å². The summed E-state index contributed by atoms with van der Waals surface area (Å²) in [7, 11) is 0. The van der Waals surface area contributed by atoms with Crippen molar-refractivity contribution in [1.29, 1.82) is 0 Å². The number of pyridine rings is 1. The van der Waals surface area contributed by atoms with Crippen LogP contribution >= 0.6 is 0 Å². The minimum Gasteiger partial charge on any atom is -0.339 e. The van der Waals surface area contributed by atoms with Crippen molar-refractivity contribution >= 4 is 11.7 Å². The fraction of sp³-hybridized carbons (Fsp3) is 0.278. The highest BCUT2D eigenvalue weighted by atomic mass is 16.2. The average Bonchev–Trinajstić information content (AvgIpc) is 2.62. The van der Waals surface area contributed by atoms with Crippen molar-refractivity contribution in [3.63, 3.8) is 0 Å². The van der Waals surface area contributed by atoms with Crippen molar-refractivity contribution in [3.05, 3.63) is 66.0 Å². The molecule has 1 fully saturated rings. The Bertz CT molecular complexity index is 588. The van der Waals surface area contributed by atoms with Gasteiger partial charge in [-0.05, 0) is 25.0 Å². The molecule has 1 aromatic carbocycles. The van der Waals surface area contributed by atoms with E-state index < -0.39 is 0 Å². The lowest BCUT2D eigenvalue weighted by atomic mass is 9.88. The molecular weight excluding hydrogens is 276 g/mol. The Morgan fingerprint density at radius 2 is 1.55 bits per heavy atom.